The normalized spacial score (nSPS) is 21.4. The molecule has 0 aliphatic carbocycles. The summed E-state index contributed by atoms with van der Waals surface area (Å²) in [6, 6.07) is 10.6. The largest absolute Gasteiger partial charge is 0.369 e. The second kappa shape index (κ2) is 5.12. The Bertz CT molecular complexity index is 361. The van der Waals surface area contributed by atoms with Gasteiger partial charge < -0.3 is 10.1 Å². The van der Waals surface area contributed by atoms with Gasteiger partial charge in [0.05, 0.1) is 6.04 Å². The molecule has 3 heteroatoms. The molecule has 16 heavy (non-hydrogen) atoms. The minimum atomic E-state index is -0.0452. The molecule has 2 atom stereocenters. The first-order chi connectivity index (χ1) is 7.81. The first-order valence-corrected chi connectivity index (χ1v) is 5.79. The summed E-state index contributed by atoms with van der Waals surface area (Å²) in [4.78, 5) is 4.56. The molecule has 1 heterocycles. The van der Waals surface area contributed by atoms with Crippen LogP contribution in [-0.4, -0.2) is 25.0 Å². The standard InChI is InChI=1S/C13H18N2O/c1-3-16-12(11-7-5-4-6-8-11)13-14-9-10(2)15-13/h4-8,10,12H,3,9H2,1-2H3,(H,14,15). The molecule has 0 saturated carbocycles. The Kier molecular flexibility index (Phi) is 3.57. The fourth-order valence-electron chi connectivity index (χ4n) is 1.87. The summed E-state index contributed by atoms with van der Waals surface area (Å²) < 4.78 is 5.77. The Hall–Kier alpha value is -1.35. The summed E-state index contributed by atoms with van der Waals surface area (Å²) >= 11 is 0. The fraction of sp³-hybridized carbons (Fsp3) is 0.462. The van der Waals surface area contributed by atoms with Crippen molar-refractivity contribution in [2.24, 2.45) is 4.99 Å². The van der Waals surface area contributed by atoms with Crippen molar-refractivity contribution >= 4 is 5.84 Å². The van der Waals surface area contributed by atoms with E-state index in [9.17, 15) is 0 Å². The average Bonchev–Trinajstić information content (AvgIpc) is 2.74. The summed E-state index contributed by atoms with van der Waals surface area (Å²) in [5.41, 5.74) is 1.16. The number of hydrogen-bond donors (Lipinski definition) is 1. The number of hydrogen-bond acceptors (Lipinski definition) is 3. The highest BCUT2D eigenvalue weighted by atomic mass is 16.5. The molecule has 0 aromatic heterocycles. The van der Waals surface area contributed by atoms with Crippen molar-refractivity contribution in [3.63, 3.8) is 0 Å². The van der Waals surface area contributed by atoms with Gasteiger partial charge >= 0.3 is 0 Å². The van der Waals surface area contributed by atoms with Gasteiger partial charge in [0.25, 0.3) is 0 Å². The van der Waals surface area contributed by atoms with Crippen LogP contribution in [0.1, 0.15) is 25.5 Å². The molecule has 0 fully saturated rings. The lowest BCUT2D eigenvalue weighted by molar-refractivity contribution is 0.108. The van der Waals surface area contributed by atoms with Crippen molar-refractivity contribution < 1.29 is 4.74 Å². The van der Waals surface area contributed by atoms with Crippen LogP contribution in [0.3, 0.4) is 0 Å². The van der Waals surface area contributed by atoms with Crippen LogP contribution in [0.5, 0.6) is 0 Å². The van der Waals surface area contributed by atoms with Crippen LogP contribution < -0.4 is 5.32 Å². The molecule has 0 radical (unpaired) electrons. The fourth-order valence-corrected chi connectivity index (χ4v) is 1.87. The van der Waals surface area contributed by atoms with Crippen molar-refractivity contribution in [3.05, 3.63) is 35.9 Å². The maximum absolute atomic E-state index is 5.77. The minimum absolute atomic E-state index is 0.0452. The number of benzene rings is 1. The minimum Gasteiger partial charge on any atom is -0.369 e. The molecule has 0 saturated heterocycles. The third kappa shape index (κ3) is 2.42. The quantitative estimate of drug-likeness (QED) is 0.840. The van der Waals surface area contributed by atoms with Crippen LogP contribution in [0.2, 0.25) is 0 Å². The SMILES string of the molecule is CCOC(C1=NC(C)CN1)c1ccccc1. The first-order valence-electron chi connectivity index (χ1n) is 5.79. The van der Waals surface area contributed by atoms with Crippen LogP contribution in [0.25, 0.3) is 0 Å². The number of aliphatic imine (C=N–C) groups is 1. The van der Waals surface area contributed by atoms with E-state index in [1.807, 2.05) is 25.1 Å². The monoisotopic (exact) mass is 218 g/mol. The zero-order valence-electron chi connectivity index (χ0n) is 9.81. The molecule has 1 N–H and O–H groups in total. The zero-order chi connectivity index (χ0) is 11.4. The van der Waals surface area contributed by atoms with Crippen LogP contribution >= 0.6 is 0 Å². The van der Waals surface area contributed by atoms with Gasteiger partial charge in [-0.25, -0.2) is 0 Å². The summed E-state index contributed by atoms with van der Waals surface area (Å²) in [6.45, 7) is 5.71. The van der Waals surface area contributed by atoms with Gasteiger partial charge in [-0.15, -0.1) is 0 Å². The van der Waals surface area contributed by atoms with Crippen molar-refractivity contribution in [2.75, 3.05) is 13.2 Å². The van der Waals surface area contributed by atoms with E-state index in [1.54, 1.807) is 0 Å². The molecule has 0 spiro atoms. The summed E-state index contributed by atoms with van der Waals surface area (Å²) in [6.07, 6.45) is -0.0452. The molecule has 0 amide bonds. The Balaban J connectivity index is 2.21. The lowest BCUT2D eigenvalue weighted by atomic mass is 10.1. The van der Waals surface area contributed by atoms with Crippen LogP contribution in [-0.2, 0) is 4.74 Å². The number of rotatable bonds is 4. The van der Waals surface area contributed by atoms with E-state index in [1.165, 1.54) is 0 Å². The second-order valence-corrected chi connectivity index (χ2v) is 3.99. The molecule has 2 rings (SSSR count). The average molecular weight is 218 g/mol. The summed E-state index contributed by atoms with van der Waals surface area (Å²) in [7, 11) is 0. The highest BCUT2D eigenvalue weighted by molar-refractivity contribution is 5.89. The van der Waals surface area contributed by atoms with Crippen molar-refractivity contribution in [2.45, 2.75) is 26.0 Å². The van der Waals surface area contributed by atoms with Crippen molar-refractivity contribution in [1.82, 2.24) is 5.32 Å². The maximum atomic E-state index is 5.77. The predicted molar refractivity (Wildman–Crippen MR) is 65.7 cm³/mol. The Morgan fingerprint density at radius 1 is 1.44 bits per heavy atom. The molecule has 0 bridgehead atoms. The summed E-state index contributed by atoms with van der Waals surface area (Å²) in [5, 5.41) is 3.31. The zero-order valence-corrected chi connectivity index (χ0v) is 9.81. The van der Waals surface area contributed by atoms with E-state index in [4.69, 9.17) is 4.74 Å². The molecule has 1 aromatic rings. The topological polar surface area (TPSA) is 33.6 Å². The Morgan fingerprint density at radius 3 is 2.75 bits per heavy atom. The molecule has 1 aromatic carbocycles. The molecule has 86 valence electrons. The molecular weight excluding hydrogens is 200 g/mol. The van der Waals surface area contributed by atoms with Gasteiger partial charge in [0, 0.05) is 13.2 Å². The third-order valence-corrected chi connectivity index (χ3v) is 2.62. The van der Waals surface area contributed by atoms with Gasteiger partial charge in [-0.1, -0.05) is 30.3 Å². The molecule has 2 unspecified atom stereocenters. The summed E-state index contributed by atoms with van der Waals surface area (Å²) in [5.74, 6) is 0.959. The lowest BCUT2D eigenvalue weighted by Crippen LogP contribution is -2.28. The van der Waals surface area contributed by atoms with Gasteiger partial charge in [0.15, 0.2) is 0 Å². The van der Waals surface area contributed by atoms with Gasteiger partial charge in [0.1, 0.15) is 11.9 Å². The number of nitrogens with zero attached hydrogens (tertiary/aromatic N) is 1. The van der Waals surface area contributed by atoms with E-state index in [0.717, 1.165) is 17.9 Å². The molecular formula is C13H18N2O. The van der Waals surface area contributed by atoms with Crippen LogP contribution in [0.15, 0.2) is 35.3 Å². The van der Waals surface area contributed by atoms with Crippen molar-refractivity contribution in [3.8, 4) is 0 Å². The Labute approximate surface area is 96.5 Å². The highest BCUT2D eigenvalue weighted by Crippen LogP contribution is 2.20. The molecule has 1 aliphatic heterocycles. The van der Waals surface area contributed by atoms with E-state index in [2.05, 4.69) is 29.4 Å². The van der Waals surface area contributed by atoms with E-state index in [0.29, 0.717) is 12.6 Å². The number of amidine groups is 1. The second-order valence-electron chi connectivity index (χ2n) is 3.99. The Morgan fingerprint density at radius 2 is 2.19 bits per heavy atom. The highest BCUT2D eigenvalue weighted by Gasteiger charge is 2.23. The lowest BCUT2D eigenvalue weighted by Gasteiger charge is -2.17. The first kappa shape index (κ1) is 11.1. The van der Waals surface area contributed by atoms with Crippen LogP contribution in [0, 0.1) is 0 Å². The van der Waals surface area contributed by atoms with Gasteiger partial charge in [0.2, 0.25) is 0 Å². The maximum Gasteiger partial charge on any atom is 0.139 e. The number of ether oxygens (including phenoxy) is 1. The van der Waals surface area contributed by atoms with Gasteiger partial charge in [-0.05, 0) is 19.4 Å². The van der Waals surface area contributed by atoms with Crippen molar-refractivity contribution in [1.29, 1.82) is 0 Å². The van der Waals surface area contributed by atoms with E-state index < -0.39 is 0 Å². The van der Waals surface area contributed by atoms with E-state index >= 15 is 0 Å². The molecule has 1 aliphatic rings. The number of nitrogens with one attached hydrogen (secondary N) is 1. The van der Waals surface area contributed by atoms with Gasteiger partial charge in [-0.3, -0.25) is 4.99 Å². The van der Waals surface area contributed by atoms with Gasteiger partial charge in [-0.2, -0.15) is 0 Å². The molecule has 3 nitrogen and oxygen atoms in total. The third-order valence-electron chi connectivity index (χ3n) is 2.62. The predicted octanol–water partition coefficient (Wildman–Crippen LogP) is 2.15. The van der Waals surface area contributed by atoms with E-state index in [-0.39, 0.29) is 6.10 Å². The smallest absolute Gasteiger partial charge is 0.139 e. The van der Waals surface area contributed by atoms with Crippen LogP contribution in [0.4, 0.5) is 0 Å².